The van der Waals surface area contributed by atoms with Crippen molar-refractivity contribution in [3.8, 4) is 0 Å². The normalized spacial score (nSPS) is 25.1. The van der Waals surface area contributed by atoms with Gasteiger partial charge in [-0.1, -0.05) is 57.8 Å². The molecule has 9 saturated heterocycles. The lowest BCUT2D eigenvalue weighted by Gasteiger charge is -2.14. The molecule has 0 N–H and O–H groups in total. The van der Waals surface area contributed by atoms with Crippen LogP contribution in [0.1, 0.15) is 135 Å². The van der Waals surface area contributed by atoms with E-state index in [0.29, 0.717) is 96.7 Å². The third-order valence-electron chi connectivity index (χ3n) is 16.6. The molecule has 9 aliphatic rings. The Morgan fingerprint density at radius 1 is 0.202 bits per heavy atom. The first kappa shape index (κ1) is 61.9. The van der Waals surface area contributed by atoms with Crippen LogP contribution >= 0.6 is 0 Å². The molecule has 0 radical (unpaired) electrons. The van der Waals surface area contributed by atoms with Gasteiger partial charge < -0.3 is 42.6 Å². The first-order valence-electron chi connectivity index (χ1n) is 31.3. The standard InChI is InChI=1S/C27H45N3O6.C18H27N3O6.C12H15N3O6/c31-25-28(16-10-4-1-7-13-22-19-34-22)26(32)30(18-12-6-3-9-15-24-21-36-24)27(33)29(25)17-11-5-2-8-14-23-20-35-23;22-16-19(7-1-4-13-10-25-13)17(23)21(9-3-6-15-12-27-15)18(24)20(16)8-2-5-14-11-26-14;16-10-13(1-7-4-19-7)11(17)15(3-9-6-21-9)12(18)14(10)2-8-5-20-8/h22-24H,1-21H2;13-15H,1-12H2;7-9H,1-6H2. The van der Waals surface area contributed by atoms with Crippen molar-refractivity contribution in [2.45, 2.75) is 249 Å². The number of hydrogen-bond acceptors (Lipinski definition) is 18. The summed E-state index contributed by atoms with van der Waals surface area (Å²) in [7, 11) is 0. The monoisotopic (exact) mass is 1190 g/mol. The molecule has 0 amide bonds. The van der Waals surface area contributed by atoms with Gasteiger partial charge in [-0.25, -0.2) is 84.3 Å². The molecule has 12 rings (SSSR count). The Balaban J connectivity index is 0.000000145. The molecule has 0 aromatic carbocycles. The Morgan fingerprint density at radius 2 is 0.357 bits per heavy atom. The third kappa shape index (κ3) is 19.4. The van der Waals surface area contributed by atoms with Crippen LogP contribution in [0.25, 0.3) is 0 Å². The average Bonchev–Trinajstić information content (AvgIpc) is 3.95. The van der Waals surface area contributed by atoms with Crippen LogP contribution in [0.5, 0.6) is 0 Å². The number of hydrogen-bond donors (Lipinski definition) is 0. The number of aromatic nitrogens is 9. The minimum atomic E-state index is -0.594. The molecule has 0 spiro atoms. The van der Waals surface area contributed by atoms with Gasteiger partial charge in [0.25, 0.3) is 0 Å². The first-order chi connectivity index (χ1) is 40.9. The van der Waals surface area contributed by atoms with Crippen LogP contribution < -0.4 is 51.2 Å². The second kappa shape index (κ2) is 30.0. The van der Waals surface area contributed by atoms with E-state index in [2.05, 4.69) is 0 Å². The van der Waals surface area contributed by atoms with Gasteiger partial charge in [-0.15, -0.1) is 0 Å². The van der Waals surface area contributed by atoms with Crippen LogP contribution in [0.15, 0.2) is 43.2 Å². The Morgan fingerprint density at radius 3 is 0.548 bits per heavy atom. The summed E-state index contributed by atoms with van der Waals surface area (Å²) in [5.41, 5.74) is -4.60. The highest BCUT2D eigenvalue weighted by atomic mass is 16.6. The van der Waals surface area contributed by atoms with E-state index in [4.69, 9.17) is 42.6 Å². The molecule has 9 aliphatic heterocycles. The molecule has 468 valence electrons. The highest BCUT2D eigenvalue weighted by Gasteiger charge is 2.33. The molecule has 9 fully saturated rings. The number of ether oxygens (including phenoxy) is 9. The van der Waals surface area contributed by atoms with Gasteiger partial charge in [0.15, 0.2) is 0 Å². The van der Waals surface area contributed by atoms with Crippen LogP contribution in [-0.2, 0) is 102 Å². The molecule has 0 bridgehead atoms. The van der Waals surface area contributed by atoms with Gasteiger partial charge >= 0.3 is 51.2 Å². The second-order valence-electron chi connectivity index (χ2n) is 23.9. The molecule has 12 heterocycles. The van der Waals surface area contributed by atoms with Crippen LogP contribution in [-0.4, -0.2) is 156 Å². The van der Waals surface area contributed by atoms with E-state index >= 15 is 0 Å². The van der Waals surface area contributed by atoms with Crippen molar-refractivity contribution in [2.24, 2.45) is 0 Å². The van der Waals surface area contributed by atoms with Crippen molar-refractivity contribution in [1.29, 1.82) is 0 Å². The molecule has 9 unspecified atom stereocenters. The summed E-state index contributed by atoms with van der Waals surface area (Å²) < 4.78 is 57.3. The van der Waals surface area contributed by atoms with Crippen molar-refractivity contribution in [1.82, 2.24) is 41.1 Å². The van der Waals surface area contributed by atoms with Gasteiger partial charge in [0.05, 0.1) is 134 Å². The van der Waals surface area contributed by atoms with Gasteiger partial charge in [-0.2, -0.15) is 0 Å². The van der Waals surface area contributed by atoms with E-state index < -0.39 is 51.2 Å². The number of unbranched alkanes of at least 4 members (excludes halogenated alkanes) is 9. The molecule has 0 saturated carbocycles. The summed E-state index contributed by atoms with van der Waals surface area (Å²) in [5, 5.41) is 0. The maximum absolute atomic E-state index is 13.2. The molecule has 27 heteroatoms. The predicted molar refractivity (Wildman–Crippen MR) is 302 cm³/mol. The average molecular weight is 1190 g/mol. The number of rotatable bonds is 39. The zero-order valence-electron chi connectivity index (χ0n) is 48.6. The summed E-state index contributed by atoms with van der Waals surface area (Å²) in [4.78, 5) is 115. The lowest BCUT2D eigenvalue weighted by molar-refractivity contribution is 0.327. The van der Waals surface area contributed by atoms with Gasteiger partial charge in [-0.3, -0.25) is 0 Å². The highest BCUT2D eigenvalue weighted by molar-refractivity contribution is 4.88. The van der Waals surface area contributed by atoms with Crippen LogP contribution in [0.4, 0.5) is 0 Å². The van der Waals surface area contributed by atoms with Crippen molar-refractivity contribution < 1.29 is 42.6 Å². The summed E-state index contributed by atoms with van der Waals surface area (Å²) in [5.74, 6) is 0. The quantitative estimate of drug-likeness (QED) is 0.0548. The Hall–Kier alpha value is -5.13. The summed E-state index contributed by atoms with van der Waals surface area (Å²) >= 11 is 0. The molecular formula is C57H87N9O18. The summed E-state index contributed by atoms with van der Waals surface area (Å²) in [6.07, 6.45) is 21.3. The Kier molecular flexibility index (Phi) is 22.1. The van der Waals surface area contributed by atoms with Gasteiger partial charge in [0, 0.05) is 39.3 Å². The molecule has 3 aromatic rings. The summed E-state index contributed by atoms with van der Waals surface area (Å²) in [6, 6.07) is 0. The largest absolute Gasteiger partial charge is 0.373 e. The van der Waals surface area contributed by atoms with Gasteiger partial charge in [0.2, 0.25) is 0 Å². The highest BCUT2D eigenvalue weighted by Crippen LogP contribution is 2.21. The number of epoxide rings is 9. The lowest BCUT2D eigenvalue weighted by Crippen LogP contribution is -2.55. The fourth-order valence-electron chi connectivity index (χ4n) is 10.6. The predicted octanol–water partition coefficient (Wildman–Crippen LogP) is 0.296. The van der Waals surface area contributed by atoms with Crippen LogP contribution in [0, 0.1) is 0 Å². The van der Waals surface area contributed by atoms with E-state index in [1.807, 2.05) is 0 Å². The van der Waals surface area contributed by atoms with E-state index in [1.54, 1.807) is 0 Å². The topological polar surface area (TPSA) is 311 Å². The molecule has 84 heavy (non-hydrogen) atoms. The minimum Gasteiger partial charge on any atom is -0.373 e. The fourth-order valence-corrected chi connectivity index (χ4v) is 10.6. The first-order valence-corrected chi connectivity index (χ1v) is 31.3. The Labute approximate surface area is 484 Å². The zero-order chi connectivity index (χ0) is 58.5. The lowest BCUT2D eigenvalue weighted by atomic mass is 10.1. The van der Waals surface area contributed by atoms with E-state index in [9.17, 15) is 43.2 Å². The number of nitrogens with zero attached hydrogens (tertiary/aromatic N) is 9. The molecule has 0 aliphatic carbocycles. The summed E-state index contributed by atoms with van der Waals surface area (Å²) in [6.45, 7) is 9.12. The van der Waals surface area contributed by atoms with Gasteiger partial charge in [0.1, 0.15) is 0 Å². The zero-order valence-corrected chi connectivity index (χ0v) is 48.6. The minimum absolute atomic E-state index is 0.121. The van der Waals surface area contributed by atoms with Crippen LogP contribution in [0.2, 0.25) is 0 Å². The smallest absolute Gasteiger partial charge is 0.336 e. The van der Waals surface area contributed by atoms with E-state index in [0.717, 1.165) is 169 Å². The van der Waals surface area contributed by atoms with Crippen molar-refractivity contribution in [3.63, 3.8) is 0 Å². The third-order valence-corrected chi connectivity index (χ3v) is 16.6. The Bertz CT molecular complexity index is 2780. The molecule has 27 nitrogen and oxygen atoms in total. The van der Waals surface area contributed by atoms with Crippen LogP contribution in [0.3, 0.4) is 0 Å². The molecule has 3 aromatic heterocycles. The second-order valence-corrected chi connectivity index (χ2v) is 23.9. The molecule has 9 atom stereocenters. The SMILES string of the molecule is O=c1n(CC2CO2)c(=O)n(CC2CO2)c(=O)n1CC1CO1.O=c1n(CCCC2CO2)c(=O)n(CCCC2CO2)c(=O)n1CCCC1CO1.O=c1n(CCCCCCC2CO2)c(=O)n(CCCCCCC2CO2)c(=O)n1CCCCCCC1CO1. The van der Waals surface area contributed by atoms with Crippen molar-refractivity contribution in [3.05, 3.63) is 94.4 Å². The van der Waals surface area contributed by atoms with Crippen molar-refractivity contribution in [2.75, 3.05) is 59.5 Å². The maximum atomic E-state index is 13.2. The fraction of sp³-hybridized carbons (Fsp3) is 0.842. The maximum Gasteiger partial charge on any atom is 0.336 e. The van der Waals surface area contributed by atoms with E-state index in [1.165, 1.54) is 27.4 Å². The molecular weight excluding hydrogens is 1100 g/mol. The van der Waals surface area contributed by atoms with E-state index in [-0.39, 0.29) is 56.3 Å². The van der Waals surface area contributed by atoms with Crippen molar-refractivity contribution >= 4 is 0 Å². The van der Waals surface area contributed by atoms with Gasteiger partial charge in [-0.05, 0) is 77.0 Å².